The number of ether oxygens (including phenoxy) is 1. The zero-order valence-electron chi connectivity index (χ0n) is 10.9. The molecule has 3 aliphatic rings. The van der Waals surface area contributed by atoms with Crippen molar-refractivity contribution in [1.29, 1.82) is 0 Å². The molecule has 2 saturated carbocycles. The molecule has 2 fully saturated rings. The molecule has 98 valence electrons. The summed E-state index contributed by atoms with van der Waals surface area (Å²) < 4.78 is 5.77. The van der Waals surface area contributed by atoms with Crippen molar-refractivity contribution in [2.45, 2.75) is 25.4 Å². The number of carbonyl (C=O) groups excluding carboxylic acids is 1. The zero-order chi connectivity index (χ0) is 12.8. The van der Waals surface area contributed by atoms with Crippen LogP contribution in [0.4, 0.5) is 0 Å². The van der Waals surface area contributed by atoms with Crippen LogP contribution in [0.3, 0.4) is 0 Å². The van der Waals surface area contributed by atoms with Crippen LogP contribution in [-0.2, 0) is 4.74 Å². The third kappa shape index (κ3) is 1.73. The molecular formula is C17H18O2. The third-order valence-electron chi connectivity index (χ3n) is 5.21. The lowest BCUT2D eigenvalue weighted by molar-refractivity contribution is 0.00317. The predicted octanol–water partition coefficient (Wildman–Crippen LogP) is 3.44. The van der Waals surface area contributed by atoms with Gasteiger partial charge in [-0.15, -0.1) is 0 Å². The lowest BCUT2D eigenvalue weighted by Gasteiger charge is -2.31. The first-order chi connectivity index (χ1) is 9.33. The molecule has 1 aromatic rings. The Bertz CT molecular complexity index is 519. The van der Waals surface area contributed by atoms with E-state index in [0.717, 1.165) is 24.2 Å². The van der Waals surface area contributed by atoms with Crippen molar-refractivity contribution in [2.75, 3.05) is 0 Å². The summed E-state index contributed by atoms with van der Waals surface area (Å²) in [7, 11) is 0. The zero-order valence-corrected chi connectivity index (χ0v) is 10.9. The van der Waals surface area contributed by atoms with E-state index in [9.17, 15) is 4.79 Å². The molecule has 4 rings (SSSR count). The molecule has 0 radical (unpaired) electrons. The SMILES string of the molecule is O=C(O[C@@H]1C[C@@H]2C[C@@H]1[C@H]1CC=C[C@H]21)c1ccccc1. The second-order valence-electron chi connectivity index (χ2n) is 6.11. The van der Waals surface area contributed by atoms with Crippen LogP contribution in [0.5, 0.6) is 0 Å². The number of rotatable bonds is 2. The lowest BCUT2D eigenvalue weighted by atomic mass is 9.80. The van der Waals surface area contributed by atoms with Gasteiger partial charge in [0.15, 0.2) is 0 Å². The predicted molar refractivity (Wildman–Crippen MR) is 72.6 cm³/mol. The summed E-state index contributed by atoms with van der Waals surface area (Å²) in [6.45, 7) is 0. The number of esters is 1. The summed E-state index contributed by atoms with van der Waals surface area (Å²) >= 11 is 0. The summed E-state index contributed by atoms with van der Waals surface area (Å²) in [5.41, 5.74) is 0.673. The van der Waals surface area contributed by atoms with E-state index in [4.69, 9.17) is 4.74 Å². The Kier molecular flexibility index (Phi) is 2.51. The van der Waals surface area contributed by atoms with E-state index in [0.29, 0.717) is 11.5 Å². The Morgan fingerprint density at radius 3 is 2.79 bits per heavy atom. The second-order valence-corrected chi connectivity index (χ2v) is 6.11. The Morgan fingerprint density at radius 2 is 1.95 bits per heavy atom. The van der Waals surface area contributed by atoms with Gasteiger partial charge in [-0.2, -0.15) is 0 Å². The monoisotopic (exact) mass is 254 g/mol. The van der Waals surface area contributed by atoms with E-state index in [1.807, 2.05) is 30.3 Å². The second kappa shape index (κ2) is 4.22. The standard InChI is InChI=1S/C17H18O2/c18-17(11-5-2-1-3-6-11)19-16-10-12-9-15(16)14-8-4-7-13(12)14/h1-7,12-16H,8-10H2/t12-,13+,14-,15+,16+/m0/s1. The van der Waals surface area contributed by atoms with Gasteiger partial charge in [-0.05, 0) is 55.1 Å². The number of fused-ring (bicyclic) bond motifs is 5. The summed E-state index contributed by atoms with van der Waals surface area (Å²) in [6, 6.07) is 9.34. The molecule has 1 aromatic carbocycles. The van der Waals surface area contributed by atoms with Gasteiger partial charge in [0.2, 0.25) is 0 Å². The fourth-order valence-corrected chi connectivity index (χ4v) is 4.41. The van der Waals surface area contributed by atoms with E-state index in [1.54, 1.807) is 0 Å². The Hall–Kier alpha value is -1.57. The van der Waals surface area contributed by atoms with E-state index in [-0.39, 0.29) is 12.1 Å². The van der Waals surface area contributed by atoms with Crippen LogP contribution < -0.4 is 0 Å². The highest BCUT2D eigenvalue weighted by atomic mass is 16.5. The summed E-state index contributed by atoms with van der Waals surface area (Å²) in [4.78, 5) is 12.1. The number of benzene rings is 1. The highest BCUT2D eigenvalue weighted by molar-refractivity contribution is 5.89. The van der Waals surface area contributed by atoms with Crippen LogP contribution in [0.25, 0.3) is 0 Å². The highest BCUT2D eigenvalue weighted by Gasteiger charge is 2.53. The van der Waals surface area contributed by atoms with Crippen LogP contribution in [0.1, 0.15) is 29.6 Å². The van der Waals surface area contributed by atoms with Crippen molar-refractivity contribution in [3.63, 3.8) is 0 Å². The minimum atomic E-state index is -0.152. The van der Waals surface area contributed by atoms with Gasteiger partial charge in [0.1, 0.15) is 6.10 Å². The molecule has 0 unspecified atom stereocenters. The molecule has 0 saturated heterocycles. The maximum absolute atomic E-state index is 12.1. The van der Waals surface area contributed by atoms with Gasteiger partial charge in [0.25, 0.3) is 0 Å². The number of carbonyl (C=O) groups is 1. The van der Waals surface area contributed by atoms with Gasteiger partial charge in [-0.1, -0.05) is 30.4 Å². The first-order valence-electron chi connectivity index (χ1n) is 7.25. The van der Waals surface area contributed by atoms with Crippen LogP contribution in [0, 0.1) is 23.7 Å². The quantitative estimate of drug-likeness (QED) is 0.597. The van der Waals surface area contributed by atoms with Crippen LogP contribution in [-0.4, -0.2) is 12.1 Å². The average Bonchev–Trinajstić information content (AvgIpc) is 3.11. The molecule has 0 aromatic heterocycles. The van der Waals surface area contributed by atoms with Crippen LogP contribution in [0.15, 0.2) is 42.5 Å². The summed E-state index contributed by atoms with van der Waals surface area (Å²) in [5.74, 6) is 2.71. The van der Waals surface area contributed by atoms with Gasteiger partial charge in [0, 0.05) is 0 Å². The largest absolute Gasteiger partial charge is 0.458 e. The maximum Gasteiger partial charge on any atom is 0.338 e. The minimum Gasteiger partial charge on any atom is -0.458 e. The minimum absolute atomic E-state index is 0.152. The smallest absolute Gasteiger partial charge is 0.338 e. The van der Waals surface area contributed by atoms with E-state index < -0.39 is 0 Å². The van der Waals surface area contributed by atoms with Crippen molar-refractivity contribution in [1.82, 2.24) is 0 Å². The average molecular weight is 254 g/mol. The normalized spacial score (nSPS) is 38.4. The number of hydrogen-bond donors (Lipinski definition) is 0. The van der Waals surface area contributed by atoms with Gasteiger partial charge >= 0.3 is 5.97 Å². The molecule has 0 heterocycles. The van der Waals surface area contributed by atoms with Crippen LogP contribution in [0.2, 0.25) is 0 Å². The molecule has 2 heteroatoms. The first kappa shape index (κ1) is 11.3. The van der Waals surface area contributed by atoms with Crippen molar-refractivity contribution < 1.29 is 9.53 Å². The summed E-state index contributed by atoms with van der Waals surface area (Å²) in [6.07, 6.45) is 8.37. The van der Waals surface area contributed by atoms with Gasteiger partial charge in [-0.25, -0.2) is 4.79 Å². The fourth-order valence-electron chi connectivity index (χ4n) is 4.41. The fraction of sp³-hybridized carbons (Fsp3) is 0.471. The Balaban J connectivity index is 1.47. The van der Waals surface area contributed by atoms with Gasteiger partial charge in [0.05, 0.1) is 5.56 Å². The highest BCUT2D eigenvalue weighted by Crippen LogP contribution is 2.57. The summed E-state index contributed by atoms with van der Waals surface area (Å²) in [5, 5.41) is 0. The van der Waals surface area contributed by atoms with Crippen molar-refractivity contribution >= 4 is 5.97 Å². The maximum atomic E-state index is 12.1. The Labute approximate surface area is 113 Å². The van der Waals surface area contributed by atoms with E-state index in [2.05, 4.69) is 12.2 Å². The van der Waals surface area contributed by atoms with Gasteiger partial charge < -0.3 is 4.74 Å². The molecule has 2 nitrogen and oxygen atoms in total. The molecule has 0 aliphatic heterocycles. The molecule has 19 heavy (non-hydrogen) atoms. The molecule has 3 aliphatic carbocycles. The topological polar surface area (TPSA) is 26.3 Å². The van der Waals surface area contributed by atoms with Crippen molar-refractivity contribution in [2.24, 2.45) is 23.7 Å². The first-order valence-corrected chi connectivity index (χ1v) is 7.25. The lowest BCUT2D eigenvalue weighted by Crippen LogP contribution is -2.32. The van der Waals surface area contributed by atoms with Crippen LogP contribution >= 0.6 is 0 Å². The third-order valence-corrected chi connectivity index (χ3v) is 5.21. The molecule has 0 amide bonds. The molecule has 2 bridgehead atoms. The number of allylic oxidation sites excluding steroid dienone is 2. The van der Waals surface area contributed by atoms with E-state index >= 15 is 0 Å². The van der Waals surface area contributed by atoms with Gasteiger partial charge in [-0.3, -0.25) is 0 Å². The molecule has 0 N–H and O–H groups in total. The van der Waals surface area contributed by atoms with Crippen molar-refractivity contribution in [3.05, 3.63) is 48.0 Å². The number of hydrogen-bond acceptors (Lipinski definition) is 2. The molecular weight excluding hydrogens is 236 g/mol. The Morgan fingerprint density at radius 1 is 1.11 bits per heavy atom. The van der Waals surface area contributed by atoms with Crippen molar-refractivity contribution in [3.8, 4) is 0 Å². The molecule has 0 spiro atoms. The molecule has 5 atom stereocenters. The van der Waals surface area contributed by atoms with E-state index in [1.165, 1.54) is 12.8 Å².